The second-order valence-corrected chi connectivity index (χ2v) is 7.23. The van der Waals surface area contributed by atoms with Gasteiger partial charge in [0.05, 0.1) is 13.1 Å². The molecule has 2 aliphatic heterocycles. The van der Waals surface area contributed by atoms with Crippen LogP contribution < -0.4 is 15.2 Å². The van der Waals surface area contributed by atoms with E-state index < -0.39 is 0 Å². The number of para-hydroxylation sites is 2. The number of amides is 2. The van der Waals surface area contributed by atoms with Crippen molar-refractivity contribution in [3.8, 4) is 0 Å². The van der Waals surface area contributed by atoms with Gasteiger partial charge in [-0.15, -0.1) is 0 Å². The summed E-state index contributed by atoms with van der Waals surface area (Å²) in [5, 5.41) is 5.36. The summed E-state index contributed by atoms with van der Waals surface area (Å²) in [5.41, 5.74) is 5.72. The molecule has 0 unspecified atom stereocenters. The lowest BCUT2D eigenvalue weighted by atomic mass is 10.1. The van der Waals surface area contributed by atoms with E-state index in [1.807, 2.05) is 4.90 Å². The fraction of sp³-hybridized carbons (Fsp3) is 0.381. The molecule has 2 aliphatic rings. The number of quaternary nitrogens is 1. The topological polar surface area (TPSA) is 47.6 Å². The van der Waals surface area contributed by atoms with E-state index in [-0.39, 0.29) is 6.03 Å². The molecule has 27 heavy (non-hydrogen) atoms. The summed E-state index contributed by atoms with van der Waals surface area (Å²) in [6.07, 6.45) is 0. The van der Waals surface area contributed by atoms with Crippen LogP contribution in [0.3, 0.4) is 0 Å². The van der Waals surface area contributed by atoms with E-state index in [1.54, 1.807) is 0 Å². The molecule has 2 aromatic carbocycles. The average Bonchev–Trinajstić information content (AvgIpc) is 2.76. The van der Waals surface area contributed by atoms with E-state index >= 15 is 0 Å². The van der Waals surface area contributed by atoms with Gasteiger partial charge in [-0.3, -0.25) is 9.91 Å². The standard InChI is InChI=1S/C21H27N5O/c27-21(24-13-11-22-12-14-24)23-25-15-17-26(18-16-25,19-7-3-1-4-8-19)20-9-5-2-6-10-20/h1-10,22H,11-18H2/p+1. The molecule has 2 fully saturated rings. The van der Waals surface area contributed by atoms with Crippen molar-refractivity contribution >= 4 is 17.4 Å². The van der Waals surface area contributed by atoms with Gasteiger partial charge in [-0.1, -0.05) is 36.4 Å². The largest absolute Gasteiger partial charge is 0.332 e. The predicted molar refractivity (Wildman–Crippen MR) is 109 cm³/mol. The van der Waals surface area contributed by atoms with Crippen molar-refractivity contribution in [1.29, 1.82) is 0 Å². The van der Waals surface area contributed by atoms with Crippen LogP contribution in [0.2, 0.25) is 0 Å². The van der Waals surface area contributed by atoms with Gasteiger partial charge in [-0.25, -0.2) is 9.80 Å². The first-order valence-electron chi connectivity index (χ1n) is 9.77. The third-order valence-electron chi connectivity index (χ3n) is 5.66. The summed E-state index contributed by atoms with van der Waals surface area (Å²) in [5.74, 6) is 0. The fourth-order valence-corrected chi connectivity index (χ4v) is 4.08. The van der Waals surface area contributed by atoms with E-state index in [4.69, 9.17) is 0 Å². The predicted octanol–water partition coefficient (Wildman–Crippen LogP) is 2.17. The molecule has 6 nitrogen and oxygen atoms in total. The third kappa shape index (κ3) is 3.83. The van der Waals surface area contributed by atoms with Crippen molar-refractivity contribution in [3.05, 3.63) is 60.7 Å². The molecule has 2 N–H and O–H groups in total. The Hall–Kier alpha value is -2.41. The monoisotopic (exact) mass is 366 g/mol. The number of hydrogen-bond donors (Lipinski definition) is 2. The lowest BCUT2D eigenvalue weighted by Gasteiger charge is -2.44. The molecule has 2 amide bonds. The first-order valence-corrected chi connectivity index (χ1v) is 9.77. The van der Waals surface area contributed by atoms with Crippen molar-refractivity contribution < 1.29 is 4.79 Å². The van der Waals surface area contributed by atoms with E-state index in [9.17, 15) is 4.79 Å². The maximum atomic E-state index is 12.5. The number of hydrogen-bond acceptors (Lipinski definition) is 3. The molecule has 0 bridgehead atoms. The lowest BCUT2D eigenvalue weighted by Crippen LogP contribution is -2.63. The summed E-state index contributed by atoms with van der Waals surface area (Å²) >= 11 is 0. The first-order chi connectivity index (χ1) is 13.3. The third-order valence-corrected chi connectivity index (χ3v) is 5.66. The van der Waals surface area contributed by atoms with Crippen LogP contribution in [-0.4, -0.2) is 68.3 Å². The number of carbonyl (C=O) groups excluding carboxylic acids is 1. The zero-order valence-electron chi connectivity index (χ0n) is 15.7. The van der Waals surface area contributed by atoms with Crippen LogP contribution in [0.15, 0.2) is 60.7 Å². The van der Waals surface area contributed by atoms with E-state index in [0.717, 1.165) is 56.8 Å². The van der Waals surface area contributed by atoms with Gasteiger partial charge in [0.15, 0.2) is 0 Å². The number of urea groups is 1. The number of piperazine rings is 2. The molecule has 6 heteroatoms. The van der Waals surface area contributed by atoms with Crippen molar-refractivity contribution in [2.24, 2.45) is 0 Å². The minimum Gasteiger partial charge on any atom is -0.321 e. The zero-order chi connectivity index (χ0) is 18.5. The van der Waals surface area contributed by atoms with Gasteiger partial charge < -0.3 is 10.2 Å². The van der Waals surface area contributed by atoms with Crippen LogP contribution in [0.1, 0.15) is 0 Å². The highest BCUT2D eigenvalue weighted by Gasteiger charge is 2.38. The van der Waals surface area contributed by atoms with Crippen molar-refractivity contribution in [1.82, 2.24) is 25.1 Å². The fourth-order valence-electron chi connectivity index (χ4n) is 4.08. The van der Waals surface area contributed by atoms with Gasteiger partial charge in [0.2, 0.25) is 0 Å². The zero-order valence-corrected chi connectivity index (χ0v) is 15.7. The Balaban J connectivity index is 1.48. The molecule has 0 aromatic heterocycles. The Labute approximate surface area is 160 Å². The van der Waals surface area contributed by atoms with Crippen LogP contribution in [0.25, 0.3) is 0 Å². The Kier molecular flexibility index (Phi) is 5.38. The lowest BCUT2D eigenvalue weighted by molar-refractivity contribution is 0.107. The molecule has 0 spiro atoms. The van der Waals surface area contributed by atoms with Crippen molar-refractivity contribution in [2.75, 3.05) is 52.4 Å². The SMILES string of the molecule is O=C(NN1CC[N+](c2ccccc2)(c2ccccc2)CC1)N1CCNCC1. The average molecular weight is 366 g/mol. The Morgan fingerprint density at radius 1 is 0.815 bits per heavy atom. The molecule has 2 aromatic rings. The summed E-state index contributed by atoms with van der Waals surface area (Å²) < 4.78 is 0.821. The first kappa shape index (κ1) is 18.0. The van der Waals surface area contributed by atoms with Crippen molar-refractivity contribution in [2.45, 2.75) is 0 Å². The van der Waals surface area contributed by atoms with Gasteiger partial charge in [0, 0.05) is 26.2 Å². The molecule has 142 valence electrons. The minimum atomic E-state index is 0.0240. The molecule has 0 atom stereocenters. The van der Waals surface area contributed by atoms with Gasteiger partial charge in [-0.2, -0.15) is 0 Å². The Morgan fingerprint density at radius 2 is 1.33 bits per heavy atom. The summed E-state index contributed by atoms with van der Waals surface area (Å²) in [4.78, 5) is 14.4. The van der Waals surface area contributed by atoms with Crippen molar-refractivity contribution in [3.63, 3.8) is 0 Å². The van der Waals surface area contributed by atoms with Gasteiger partial charge >= 0.3 is 6.03 Å². The molecule has 4 rings (SSSR count). The van der Waals surface area contributed by atoms with Crippen LogP contribution in [0, 0.1) is 0 Å². The quantitative estimate of drug-likeness (QED) is 0.819. The number of nitrogens with one attached hydrogen (secondary N) is 2. The maximum Gasteiger partial charge on any atom is 0.332 e. The van der Waals surface area contributed by atoms with E-state index in [2.05, 4.69) is 76.4 Å². The number of rotatable bonds is 3. The minimum absolute atomic E-state index is 0.0240. The van der Waals surface area contributed by atoms with Gasteiger partial charge in [-0.05, 0) is 24.3 Å². The highest BCUT2D eigenvalue weighted by Crippen LogP contribution is 2.35. The highest BCUT2D eigenvalue weighted by atomic mass is 16.2. The summed E-state index contributed by atoms with van der Waals surface area (Å²) in [6.45, 7) is 6.78. The molecule has 2 saturated heterocycles. The second kappa shape index (κ2) is 8.08. The normalized spacial score (nSPS) is 20.2. The molecular weight excluding hydrogens is 338 g/mol. The van der Waals surface area contributed by atoms with Gasteiger partial charge in [0.25, 0.3) is 0 Å². The Bertz CT molecular complexity index is 696. The molecule has 2 heterocycles. The van der Waals surface area contributed by atoms with Crippen LogP contribution in [-0.2, 0) is 0 Å². The van der Waals surface area contributed by atoms with Crippen LogP contribution in [0.5, 0.6) is 0 Å². The number of nitrogens with zero attached hydrogens (tertiary/aromatic N) is 3. The number of hydrazine groups is 1. The van der Waals surface area contributed by atoms with Gasteiger partial charge in [0.1, 0.15) is 24.5 Å². The van der Waals surface area contributed by atoms with E-state index in [0.29, 0.717) is 0 Å². The molecular formula is C21H28N5O+. The number of benzene rings is 2. The summed E-state index contributed by atoms with van der Waals surface area (Å²) in [7, 11) is 0. The number of carbonyl (C=O) groups is 1. The molecule has 0 radical (unpaired) electrons. The van der Waals surface area contributed by atoms with Crippen LogP contribution in [0.4, 0.5) is 16.2 Å². The molecule has 0 saturated carbocycles. The summed E-state index contributed by atoms with van der Waals surface area (Å²) in [6, 6.07) is 21.4. The van der Waals surface area contributed by atoms with E-state index in [1.165, 1.54) is 11.4 Å². The second-order valence-electron chi connectivity index (χ2n) is 7.23. The highest BCUT2D eigenvalue weighted by molar-refractivity contribution is 5.73. The maximum absolute atomic E-state index is 12.5. The Morgan fingerprint density at radius 3 is 1.85 bits per heavy atom. The van der Waals surface area contributed by atoms with Crippen LogP contribution >= 0.6 is 0 Å². The smallest absolute Gasteiger partial charge is 0.321 e. The molecule has 0 aliphatic carbocycles.